The quantitative estimate of drug-likeness (QED) is 0.551. The summed E-state index contributed by atoms with van der Waals surface area (Å²) < 4.78 is 13.9. The van der Waals surface area contributed by atoms with Crippen molar-refractivity contribution in [1.82, 2.24) is 19.5 Å². The van der Waals surface area contributed by atoms with Crippen molar-refractivity contribution in [3.05, 3.63) is 47.1 Å². The first-order valence-electron chi connectivity index (χ1n) is 12.2. The zero-order valence-electron chi connectivity index (χ0n) is 19.9. The molecule has 0 radical (unpaired) electrons. The number of hydrogen-bond acceptors (Lipinski definition) is 8. The van der Waals surface area contributed by atoms with Crippen molar-refractivity contribution in [3.8, 4) is 5.75 Å². The Morgan fingerprint density at radius 1 is 1.09 bits per heavy atom. The average Bonchev–Trinajstić information content (AvgIpc) is 2.90. The smallest absolute Gasteiger partial charge is 0.269 e. The summed E-state index contributed by atoms with van der Waals surface area (Å²) in [5, 5.41) is 0. The predicted octanol–water partition coefficient (Wildman–Crippen LogP) is 2.87. The van der Waals surface area contributed by atoms with Crippen LogP contribution in [0.4, 0.5) is 11.6 Å². The second-order valence-electron chi connectivity index (χ2n) is 8.96. The average molecular weight is 465 g/mol. The molecule has 1 aliphatic carbocycles. The van der Waals surface area contributed by atoms with Gasteiger partial charge in [-0.25, -0.2) is 15.0 Å². The second kappa shape index (κ2) is 9.97. The van der Waals surface area contributed by atoms with Crippen molar-refractivity contribution in [2.24, 2.45) is 0 Å². The second-order valence-corrected chi connectivity index (χ2v) is 8.96. The number of fused-ring (bicyclic) bond motifs is 1. The lowest BCUT2D eigenvalue weighted by Gasteiger charge is -2.35. The lowest BCUT2D eigenvalue weighted by Crippen LogP contribution is -2.38. The zero-order valence-corrected chi connectivity index (χ0v) is 19.9. The lowest BCUT2D eigenvalue weighted by molar-refractivity contribution is 0.122. The minimum atomic E-state index is -0.104. The molecule has 1 saturated heterocycles. The molecule has 2 aromatic heterocycles. The summed E-state index contributed by atoms with van der Waals surface area (Å²) in [6.07, 6.45) is 8.92. The van der Waals surface area contributed by atoms with Crippen molar-refractivity contribution < 1.29 is 9.47 Å². The van der Waals surface area contributed by atoms with Crippen LogP contribution < -0.4 is 20.1 Å². The number of aryl methyl sites for hydroxylation is 1. The van der Waals surface area contributed by atoms with Crippen LogP contribution in [0.2, 0.25) is 0 Å². The highest BCUT2D eigenvalue weighted by atomic mass is 16.5. The van der Waals surface area contributed by atoms with Gasteiger partial charge in [-0.3, -0.25) is 4.79 Å². The third-order valence-corrected chi connectivity index (χ3v) is 6.93. The van der Waals surface area contributed by atoms with Crippen molar-refractivity contribution in [2.75, 3.05) is 43.2 Å². The number of morpholine rings is 1. The van der Waals surface area contributed by atoms with E-state index in [1.54, 1.807) is 17.0 Å². The van der Waals surface area contributed by atoms with Crippen LogP contribution in [0, 0.1) is 0 Å². The minimum Gasteiger partial charge on any atom is -0.488 e. The summed E-state index contributed by atoms with van der Waals surface area (Å²) in [7, 11) is 2.06. The monoisotopic (exact) mass is 464 g/mol. The van der Waals surface area contributed by atoms with E-state index >= 15 is 0 Å². The number of ether oxygens (including phenoxy) is 2. The number of hydrogen-bond donors (Lipinski definition) is 0. The molecule has 1 aromatic carbocycles. The molecule has 3 heterocycles. The summed E-state index contributed by atoms with van der Waals surface area (Å²) in [6, 6.07) is 6.36. The molecule has 0 bridgehead atoms. The number of anilines is 2. The Labute approximate surface area is 199 Å². The molecule has 0 atom stereocenters. The van der Waals surface area contributed by atoms with Gasteiger partial charge >= 0.3 is 0 Å². The van der Waals surface area contributed by atoms with Gasteiger partial charge in [-0.05, 0) is 44.7 Å². The van der Waals surface area contributed by atoms with Gasteiger partial charge in [0.15, 0.2) is 0 Å². The topological polar surface area (TPSA) is 85.6 Å². The molecule has 9 nitrogen and oxygen atoms in total. The molecule has 9 heteroatoms. The molecular weight excluding hydrogens is 432 g/mol. The molecule has 1 saturated carbocycles. The van der Waals surface area contributed by atoms with Gasteiger partial charge in [0.25, 0.3) is 5.56 Å². The molecule has 0 unspecified atom stereocenters. The predicted molar refractivity (Wildman–Crippen MR) is 132 cm³/mol. The molecule has 1 aliphatic heterocycles. The Morgan fingerprint density at radius 3 is 2.53 bits per heavy atom. The minimum absolute atomic E-state index is 0.0881. The molecule has 5 rings (SSSR count). The number of aromatic nitrogens is 4. The summed E-state index contributed by atoms with van der Waals surface area (Å²) >= 11 is 0. The SMILES string of the molecule is CCn1c(=O)cnc2cc(N3CCOCC3)cc(OC3CCC(N(C)c4ncccn4)CC3)c21. The zero-order chi connectivity index (χ0) is 23.5. The third kappa shape index (κ3) is 4.57. The normalized spacial score (nSPS) is 20.9. The Hall–Kier alpha value is -3.20. The Morgan fingerprint density at radius 2 is 1.82 bits per heavy atom. The molecule has 0 spiro atoms. The van der Waals surface area contributed by atoms with Crippen LogP contribution in [0.5, 0.6) is 5.75 Å². The van der Waals surface area contributed by atoms with Crippen molar-refractivity contribution in [3.63, 3.8) is 0 Å². The first-order valence-corrected chi connectivity index (χ1v) is 12.2. The van der Waals surface area contributed by atoms with E-state index in [-0.39, 0.29) is 11.7 Å². The van der Waals surface area contributed by atoms with E-state index < -0.39 is 0 Å². The van der Waals surface area contributed by atoms with Gasteiger partial charge in [0, 0.05) is 56.9 Å². The van der Waals surface area contributed by atoms with Crippen LogP contribution in [0.1, 0.15) is 32.6 Å². The molecule has 3 aromatic rings. The number of nitrogens with zero attached hydrogens (tertiary/aromatic N) is 6. The molecule has 180 valence electrons. The van der Waals surface area contributed by atoms with E-state index in [4.69, 9.17) is 9.47 Å². The van der Waals surface area contributed by atoms with Crippen LogP contribution in [-0.4, -0.2) is 65.0 Å². The molecule has 2 fully saturated rings. The molecule has 0 amide bonds. The van der Waals surface area contributed by atoms with Gasteiger partial charge in [-0.1, -0.05) is 0 Å². The van der Waals surface area contributed by atoms with Crippen LogP contribution >= 0.6 is 0 Å². The molecule has 2 aliphatic rings. The maximum absolute atomic E-state index is 12.5. The van der Waals surface area contributed by atoms with E-state index in [9.17, 15) is 4.79 Å². The van der Waals surface area contributed by atoms with Crippen LogP contribution in [-0.2, 0) is 11.3 Å². The van der Waals surface area contributed by atoms with E-state index in [1.807, 2.05) is 13.0 Å². The standard InChI is InChI=1S/C25H32N6O3/c1-3-31-23(32)17-28-21-15-19(30-11-13-33-14-12-30)16-22(24(21)31)34-20-7-5-18(6-8-20)29(2)25-26-9-4-10-27-25/h4,9-10,15-18,20H,3,5-8,11-14H2,1-2H3. The van der Waals surface area contributed by atoms with Crippen LogP contribution in [0.3, 0.4) is 0 Å². The first kappa shape index (κ1) is 22.6. The fourth-order valence-electron chi connectivity index (χ4n) is 5.03. The maximum atomic E-state index is 12.5. The van der Waals surface area contributed by atoms with Crippen molar-refractivity contribution in [1.29, 1.82) is 0 Å². The molecule has 0 N–H and O–H groups in total. The van der Waals surface area contributed by atoms with Crippen LogP contribution in [0.15, 0.2) is 41.6 Å². The van der Waals surface area contributed by atoms with Crippen molar-refractivity contribution in [2.45, 2.75) is 51.3 Å². The lowest BCUT2D eigenvalue weighted by atomic mass is 9.92. The van der Waals surface area contributed by atoms with E-state index in [1.165, 1.54) is 6.20 Å². The highest BCUT2D eigenvalue weighted by molar-refractivity contribution is 5.86. The Balaban J connectivity index is 1.39. The van der Waals surface area contributed by atoms with E-state index in [2.05, 4.69) is 43.9 Å². The highest BCUT2D eigenvalue weighted by Crippen LogP contribution is 2.34. The summed E-state index contributed by atoms with van der Waals surface area (Å²) in [4.78, 5) is 30.3. The fourth-order valence-corrected chi connectivity index (χ4v) is 5.03. The van der Waals surface area contributed by atoms with Gasteiger partial charge in [-0.15, -0.1) is 0 Å². The van der Waals surface area contributed by atoms with E-state index in [0.717, 1.165) is 67.2 Å². The summed E-state index contributed by atoms with van der Waals surface area (Å²) in [5.74, 6) is 1.50. The maximum Gasteiger partial charge on any atom is 0.269 e. The summed E-state index contributed by atoms with van der Waals surface area (Å²) in [6.45, 7) is 5.62. The fraction of sp³-hybridized carbons (Fsp3) is 0.520. The van der Waals surface area contributed by atoms with Gasteiger partial charge in [0.1, 0.15) is 11.3 Å². The van der Waals surface area contributed by atoms with Crippen LogP contribution in [0.25, 0.3) is 11.0 Å². The number of benzene rings is 1. The van der Waals surface area contributed by atoms with Gasteiger partial charge in [0.05, 0.1) is 31.0 Å². The molecule has 34 heavy (non-hydrogen) atoms. The van der Waals surface area contributed by atoms with E-state index in [0.29, 0.717) is 25.8 Å². The summed E-state index contributed by atoms with van der Waals surface area (Å²) in [5.41, 5.74) is 2.53. The number of rotatable bonds is 6. The largest absolute Gasteiger partial charge is 0.488 e. The van der Waals surface area contributed by atoms with Gasteiger partial charge < -0.3 is 23.8 Å². The van der Waals surface area contributed by atoms with Gasteiger partial charge in [0.2, 0.25) is 5.95 Å². The van der Waals surface area contributed by atoms with Crippen molar-refractivity contribution >= 4 is 22.7 Å². The highest BCUT2D eigenvalue weighted by Gasteiger charge is 2.27. The first-order chi connectivity index (χ1) is 16.6. The third-order valence-electron chi connectivity index (χ3n) is 6.93. The Kier molecular flexibility index (Phi) is 6.62. The molecular formula is C25H32N6O3. The van der Waals surface area contributed by atoms with Gasteiger partial charge in [-0.2, -0.15) is 0 Å². The Bertz CT molecular complexity index is 1170.